The second-order valence-corrected chi connectivity index (χ2v) is 5.13. The maximum Gasteiger partial charge on any atom is 0.315 e. The van der Waals surface area contributed by atoms with Gasteiger partial charge in [0.1, 0.15) is 12.1 Å². The van der Waals surface area contributed by atoms with Gasteiger partial charge in [-0.25, -0.2) is 4.79 Å². The summed E-state index contributed by atoms with van der Waals surface area (Å²) in [6.07, 6.45) is 1.53. The molecule has 1 aliphatic rings. The van der Waals surface area contributed by atoms with Crippen molar-refractivity contribution < 1.29 is 9.59 Å². The van der Waals surface area contributed by atoms with Crippen LogP contribution in [0.25, 0.3) is 0 Å². The molecule has 0 aromatic heterocycles. The first-order valence-corrected chi connectivity index (χ1v) is 6.70. The molecule has 1 rings (SSSR count). The van der Waals surface area contributed by atoms with Crippen LogP contribution >= 0.6 is 0 Å². The first-order valence-electron chi connectivity index (χ1n) is 6.70. The van der Waals surface area contributed by atoms with Gasteiger partial charge in [0.05, 0.1) is 6.07 Å². The van der Waals surface area contributed by atoms with E-state index >= 15 is 0 Å². The van der Waals surface area contributed by atoms with Crippen molar-refractivity contribution in [2.45, 2.75) is 45.7 Å². The number of hydrogen-bond donors (Lipinski definition) is 1. The van der Waals surface area contributed by atoms with Crippen molar-refractivity contribution in [3.63, 3.8) is 0 Å². The van der Waals surface area contributed by atoms with E-state index in [0.29, 0.717) is 19.5 Å². The van der Waals surface area contributed by atoms with E-state index in [1.807, 2.05) is 13.8 Å². The molecular weight excluding hydrogens is 244 g/mol. The van der Waals surface area contributed by atoms with E-state index in [4.69, 9.17) is 11.0 Å². The summed E-state index contributed by atoms with van der Waals surface area (Å²) in [4.78, 5) is 27.0. The zero-order chi connectivity index (χ0) is 14.6. The van der Waals surface area contributed by atoms with Crippen LogP contribution in [0.3, 0.4) is 0 Å². The molecule has 0 bridgehead atoms. The van der Waals surface area contributed by atoms with E-state index in [0.717, 1.165) is 6.42 Å². The fourth-order valence-corrected chi connectivity index (χ4v) is 2.60. The Balaban J connectivity index is 2.96. The van der Waals surface area contributed by atoms with Gasteiger partial charge in [0.15, 0.2) is 0 Å². The summed E-state index contributed by atoms with van der Waals surface area (Å²) in [5, 5.41) is 9.06. The van der Waals surface area contributed by atoms with Gasteiger partial charge in [0.2, 0.25) is 5.91 Å². The minimum absolute atomic E-state index is 0.0418. The summed E-state index contributed by atoms with van der Waals surface area (Å²) in [5.41, 5.74) is 5.34. The summed E-state index contributed by atoms with van der Waals surface area (Å²) in [6.45, 7) is 6.52. The first kappa shape index (κ1) is 15.3. The van der Waals surface area contributed by atoms with Crippen LogP contribution in [0.15, 0.2) is 0 Å². The Morgan fingerprint density at radius 2 is 2.16 bits per heavy atom. The van der Waals surface area contributed by atoms with Crippen LogP contribution in [0.2, 0.25) is 0 Å². The van der Waals surface area contributed by atoms with Crippen molar-refractivity contribution in [2.75, 3.05) is 13.1 Å². The van der Waals surface area contributed by atoms with Gasteiger partial charge in [-0.15, -0.1) is 0 Å². The van der Waals surface area contributed by atoms with E-state index in [1.165, 1.54) is 4.90 Å². The third-order valence-corrected chi connectivity index (χ3v) is 3.53. The molecule has 0 radical (unpaired) electrons. The number of hydrogen-bond acceptors (Lipinski definition) is 3. The molecule has 2 atom stereocenters. The van der Waals surface area contributed by atoms with Gasteiger partial charge < -0.3 is 15.5 Å². The van der Waals surface area contributed by atoms with Crippen LogP contribution in [0.5, 0.6) is 0 Å². The normalized spacial score (nSPS) is 20.2. The SMILES string of the molecule is CCN(C(N)=O)[C@H](C(=O)N1CCC[C@H]1C#N)C(C)C. The molecule has 2 N–H and O–H groups in total. The molecule has 0 saturated carbocycles. The van der Waals surface area contributed by atoms with Gasteiger partial charge in [0, 0.05) is 13.1 Å². The van der Waals surface area contributed by atoms with Crippen LogP contribution < -0.4 is 5.73 Å². The molecule has 106 valence electrons. The van der Waals surface area contributed by atoms with Gasteiger partial charge in [-0.1, -0.05) is 13.8 Å². The van der Waals surface area contributed by atoms with Gasteiger partial charge in [-0.3, -0.25) is 4.79 Å². The molecule has 6 heteroatoms. The molecule has 0 spiro atoms. The lowest BCUT2D eigenvalue weighted by Gasteiger charge is -2.34. The average Bonchev–Trinajstić information content (AvgIpc) is 2.82. The molecule has 1 saturated heterocycles. The molecule has 1 heterocycles. The molecule has 3 amide bonds. The van der Waals surface area contributed by atoms with Crippen LogP contribution in [-0.4, -0.2) is 46.9 Å². The maximum absolute atomic E-state index is 12.6. The molecule has 0 aromatic rings. The number of nitriles is 1. The summed E-state index contributed by atoms with van der Waals surface area (Å²) in [5.74, 6) is -0.209. The van der Waals surface area contributed by atoms with E-state index in [1.54, 1.807) is 11.8 Å². The Morgan fingerprint density at radius 3 is 2.58 bits per heavy atom. The predicted octanol–water partition coefficient (Wildman–Crippen LogP) is 0.926. The van der Waals surface area contributed by atoms with E-state index in [2.05, 4.69) is 6.07 Å². The number of amides is 3. The molecule has 0 unspecified atom stereocenters. The van der Waals surface area contributed by atoms with Gasteiger partial charge >= 0.3 is 6.03 Å². The van der Waals surface area contributed by atoms with E-state index in [9.17, 15) is 9.59 Å². The lowest BCUT2D eigenvalue weighted by molar-refractivity contribution is -0.137. The highest BCUT2D eigenvalue weighted by molar-refractivity contribution is 5.87. The number of rotatable bonds is 4. The topological polar surface area (TPSA) is 90.4 Å². The lowest BCUT2D eigenvalue weighted by atomic mass is 10.0. The highest BCUT2D eigenvalue weighted by Gasteiger charge is 2.38. The Morgan fingerprint density at radius 1 is 1.53 bits per heavy atom. The third-order valence-electron chi connectivity index (χ3n) is 3.53. The molecule has 0 aromatic carbocycles. The summed E-state index contributed by atoms with van der Waals surface area (Å²) >= 11 is 0. The number of nitrogens with zero attached hydrogens (tertiary/aromatic N) is 3. The third kappa shape index (κ3) is 3.16. The van der Waals surface area contributed by atoms with Gasteiger partial charge in [-0.2, -0.15) is 5.26 Å². The largest absolute Gasteiger partial charge is 0.351 e. The first-order chi connectivity index (χ1) is 8.93. The standard InChI is InChI=1S/C13H22N4O2/c1-4-16(13(15)19)11(9(2)3)12(18)17-7-5-6-10(17)8-14/h9-11H,4-7H2,1-3H3,(H2,15,19)/t10-,11-/m0/s1. The molecule has 0 aliphatic carbocycles. The Labute approximate surface area is 114 Å². The van der Waals surface area contributed by atoms with Gasteiger partial charge in [-0.05, 0) is 25.7 Å². The molecule has 1 aliphatic heterocycles. The quantitative estimate of drug-likeness (QED) is 0.820. The van der Waals surface area contributed by atoms with Crippen molar-refractivity contribution in [1.82, 2.24) is 9.80 Å². The smallest absolute Gasteiger partial charge is 0.315 e. The fraction of sp³-hybridized carbons (Fsp3) is 0.769. The van der Waals surface area contributed by atoms with Gasteiger partial charge in [0.25, 0.3) is 0 Å². The monoisotopic (exact) mass is 266 g/mol. The van der Waals surface area contributed by atoms with Crippen LogP contribution in [-0.2, 0) is 4.79 Å². The second-order valence-electron chi connectivity index (χ2n) is 5.13. The minimum atomic E-state index is -0.595. The van der Waals surface area contributed by atoms with Crippen LogP contribution in [0.4, 0.5) is 4.79 Å². The molecule has 19 heavy (non-hydrogen) atoms. The average molecular weight is 266 g/mol. The molecule has 1 fully saturated rings. The molecular formula is C13H22N4O2. The van der Waals surface area contributed by atoms with Crippen molar-refractivity contribution in [2.24, 2.45) is 11.7 Å². The highest BCUT2D eigenvalue weighted by Crippen LogP contribution is 2.22. The zero-order valence-corrected chi connectivity index (χ0v) is 11.8. The lowest BCUT2D eigenvalue weighted by Crippen LogP contribution is -2.55. The van der Waals surface area contributed by atoms with Crippen molar-refractivity contribution in [3.05, 3.63) is 0 Å². The Kier molecular flexibility index (Phi) is 5.16. The van der Waals surface area contributed by atoms with Crippen molar-refractivity contribution in [1.29, 1.82) is 5.26 Å². The maximum atomic E-state index is 12.6. The predicted molar refractivity (Wildman–Crippen MR) is 70.9 cm³/mol. The number of urea groups is 1. The Bertz CT molecular complexity index is 389. The fourth-order valence-electron chi connectivity index (χ4n) is 2.60. The highest BCUT2D eigenvalue weighted by atomic mass is 16.2. The van der Waals surface area contributed by atoms with E-state index < -0.39 is 12.1 Å². The summed E-state index contributed by atoms with van der Waals surface area (Å²) in [7, 11) is 0. The number of likely N-dealkylation sites (N-methyl/N-ethyl adjacent to an activating group) is 1. The summed E-state index contributed by atoms with van der Waals surface area (Å²) < 4.78 is 0. The summed E-state index contributed by atoms with van der Waals surface area (Å²) in [6, 6.07) is 0.589. The minimum Gasteiger partial charge on any atom is -0.351 e. The number of primary amides is 1. The second kappa shape index (κ2) is 6.41. The number of carbonyl (C=O) groups is 2. The van der Waals surface area contributed by atoms with Crippen molar-refractivity contribution >= 4 is 11.9 Å². The number of likely N-dealkylation sites (tertiary alicyclic amines) is 1. The van der Waals surface area contributed by atoms with Crippen molar-refractivity contribution in [3.8, 4) is 6.07 Å². The van der Waals surface area contributed by atoms with E-state index in [-0.39, 0.29) is 17.9 Å². The Hall–Kier alpha value is -1.77. The van der Waals surface area contributed by atoms with Crippen LogP contribution in [0.1, 0.15) is 33.6 Å². The number of carbonyl (C=O) groups excluding carboxylic acids is 2. The molecule has 6 nitrogen and oxygen atoms in total. The number of nitrogens with two attached hydrogens (primary N) is 1. The zero-order valence-electron chi connectivity index (χ0n) is 11.8. The van der Waals surface area contributed by atoms with Crippen LogP contribution in [0, 0.1) is 17.2 Å².